The molecule has 1 heterocycles. The van der Waals surface area contributed by atoms with Gasteiger partial charge in [0.05, 0.1) is 17.3 Å². The van der Waals surface area contributed by atoms with Gasteiger partial charge in [-0.05, 0) is 31.5 Å². The number of hydrogen-bond acceptors (Lipinski definition) is 4. The molecule has 0 aliphatic heterocycles. The van der Waals surface area contributed by atoms with E-state index in [0.717, 1.165) is 10.6 Å². The average Bonchev–Trinajstić information content (AvgIpc) is 2.99. The van der Waals surface area contributed by atoms with Crippen molar-refractivity contribution in [3.63, 3.8) is 0 Å². The summed E-state index contributed by atoms with van der Waals surface area (Å²) in [6, 6.07) is 5.53. The predicted octanol–water partition coefficient (Wildman–Crippen LogP) is 3.73. The Morgan fingerprint density at radius 3 is 2.69 bits per heavy atom. The molecule has 2 aromatic rings. The van der Waals surface area contributed by atoms with Gasteiger partial charge in [0.1, 0.15) is 5.01 Å². The van der Waals surface area contributed by atoms with Gasteiger partial charge in [0.15, 0.2) is 5.96 Å². The number of aliphatic imine (C=N–C) groups is 1. The highest BCUT2D eigenvalue weighted by Crippen LogP contribution is 2.22. The molecule has 0 radical (unpaired) electrons. The van der Waals surface area contributed by atoms with Crippen molar-refractivity contribution >= 4 is 64.5 Å². The number of benzene rings is 1. The molecule has 26 heavy (non-hydrogen) atoms. The lowest BCUT2D eigenvalue weighted by Gasteiger charge is -2.11. The van der Waals surface area contributed by atoms with Crippen LogP contribution in [0.15, 0.2) is 29.4 Å². The quantitative estimate of drug-likeness (QED) is 0.316. The van der Waals surface area contributed by atoms with Gasteiger partial charge in [-0.25, -0.2) is 4.98 Å². The van der Waals surface area contributed by atoms with Crippen LogP contribution in [0.1, 0.15) is 21.9 Å². The van der Waals surface area contributed by atoms with E-state index in [2.05, 4.69) is 25.9 Å². The van der Waals surface area contributed by atoms with Crippen molar-refractivity contribution in [3.8, 4) is 0 Å². The van der Waals surface area contributed by atoms with Crippen molar-refractivity contribution in [2.45, 2.75) is 26.8 Å². The third-order valence-corrected chi connectivity index (χ3v) is 4.57. The van der Waals surface area contributed by atoms with Crippen LogP contribution in [0.5, 0.6) is 0 Å². The second-order valence-electron chi connectivity index (χ2n) is 5.50. The second kappa shape index (κ2) is 11.3. The Kier molecular flexibility index (Phi) is 9.89. The highest BCUT2D eigenvalue weighted by atomic mass is 127. The van der Waals surface area contributed by atoms with Crippen molar-refractivity contribution in [1.82, 2.24) is 15.6 Å². The molecular weight excluding hydrogens is 485 g/mol. The van der Waals surface area contributed by atoms with Crippen molar-refractivity contribution < 1.29 is 4.79 Å². The first-order valence-electron chi connectivity index (χ1n) is 7.89. The molecule has 0 saturated heterocycles. The highest BCUT2D eigenvalue weighted by Gasteiger charge is 2.07. The number of nitrogens with one attached hydrogen (secondary N) is 3. The van der Waals surface area contributed by atoms with E-state index in [4.69, 9.17) is 11.6 Å². The van der Waals surface area contributed by atoms with Crippen LogP contribution in [0.3, 0.4) is 0 Å². The maximum absolute atomic E-state index is 12.0. The van der Waals surface area contributed by atoms with E-state index in [-0.39, 0.29) is 29.9 Å². The lowest BCUT2D eigenvalue weighted by Crippen LogP contribution is -2.38. The van der Waals surface area contributed by atoms with Crippen molar-refractivity contribution in [3.05, 3.63) is 44.9 Å². The number of rotatable bonds is 6. The number of amides is 1. The lowest BCUT2D eigenvalue weighted by atomic mass is 10.2. The fraction of sp³-hybridized carbons (Fsp3) is 0.353. The van der Waals surface area contributed by atoms with Crippen LogP contribution >= 0.6 is 46.9 Å². The minimum absolute atomic E-state index is 0. The van der Waals surface area contributed by atoms with Crippen LogP contribution in [0.25, 0.3) is 0 Å². The summed E-state index contributed by atoms with van der Waals surface area (Å²) in [5, 5.41) is 10.6. The summed E-state index contributed by atoms with van der Waals surface area (Å²) < 4.78 is 0. The number of aryl methyl sites for hydroxylation is 2. The van der Waals surface area contributed by atoms with E-state index in [9.17, 15) is 4.79 Å². The molecule has 3 N–H and O–H groups in total. The summed E-state index contributed by atoms with van der Waals surface area (Å²) in [7, 11) is 1.69. The monoisotopic (exact) mass is 507 g/mol. The second-order valence-corrected chi connectivity index (χ2v) is 7.23. The first kappa shape index (κ1) is 22.7. The first-order chi connectivity index (χ1) is 12.0. The normalized spacial score (nSPS) is 10.8. The minimum Gasteiger partial charge on any atom is -0.356 e. The van der Waals surface area contributed by atoms with Crippen molar-refractivity contribution in [2.75, 3.05) is 18.9 Å². The maximum Gasteiger partial charge on any atom is 0.226 e. The van der Waals surface area contributed by atoms with Crippen LogP contribution in [0.4, 0.5) is 5.69 Å². The van der Waals surface area contributed by atoms with Gasteiger partial charge in [-0.3, -0.25) is 9.79 Å². The Morgan fingerprint density at radius 2 is 2.08 bits per heavy atom. The lowest BCUT2D eigenvalue weighted by molar-refractivity contribution is -0.116. The smallest absolute Gasteiger partial charge is 0.226 e. The van der Waals surface area contributed by atoms with E-state index >= 15 is 0 Å². The van der Waals surface area contributed by atoms with Gasteiger partial charge in [0.25, 0.3) is 0 Å². The maximum atomic E-state index is 12.0. The number of aromatic nitrogens is 1. The fourth-order valence-corrected chi connectivity index (χ4v) is 3.10. The first-order valence-corrected chi connectivity index (χ1v) is 9.09. The molecule has 2 rings (SSSR count). The molecule has 0 aliphatic rings. The third-order valence-electron chi connectivity index (χ3n) is 3.34. The Bertz CT molecular complexity index is 765. The van der Waals surface area contributed by atoms with Gasteiger partial charge in [0, 0.05) is 31.1 Å². The van der Waals surface area contributed by atoms with Crippen molar-refractivity contribution in [2.24, 2.45) is 4.99 Å². The van der Waals surface area contributed by atoms with E-state index in [1.807, 2.05) is 32.2 Å². The van der Waals surface area contributed by atoms with Crippen LogP contribution in [0, 0.1) is 13.8 Å². The summed E-state index contributed by atoms with van der Waals surface area (Å²) in [4.78, 5) is 21.6. The summed E-state index contributed by atoms with van der Waals surface area (Å²) in [5.41, 5.74) is 1.67. The molecule has 9 heteroatoms. The SMILES string of the molecule is CN=C(NCCC(=O)Nc1ccc(C)cc1Cl)NCc1ncc(C)s1.I. The Balaban J connectivity index is 0.00000338. The number of halogens is 2. The topological polar surface area (TPSA) is 78.4 Å². The van der Waals surface area contributed by atoms with Crippen LogP contribution in [-0.4, -0.2) is 30.4 Å². The molecule has 0 bridgehead atoms. The minimum atomic E-state index is -0.107. The number of anilines is 1. The zero-order chi connectivity index (χ0) is 18.2. The van der Waals surface area contributed by atoms with Crippen LogP contribution in [-0.2, 0) is 11.3 Å². The number of nitrogens with zero attached hydrogens (tertiary/aromatic N) is 2. The highest BCUT2D eigenvalue weighted by molar-refractivity contribution is 14.0. The number of carbonyl (C=O) groups excluding carboxylic acids is 1. The molecule has 0 atom stereocenters. The van der Waals surface area contributed by atoms with Gasteiger partial charge < -0.3 is 16.0 Å². The summed E-state index contributed by atoms with van der Waals surface area (Å²) in [6.07, 6.45) is 2.15. The van der Waals surface area contributed by atoms with E-state index in [0.29, 0.717) is 36.2 Å². The molecule has 142 valence electrons. The summed E-state index contributed by atoms with van der Waals surface area (Å²) >= 11 is 7.76. The van der Waals surface area contributed by atoms with Crippen LogP contribution in [0.2, 0.25) is 5.02 Å². The van der Waals surface area contributed by atoms with E-state index in [1.165, 1.54) is 4.88 Å². The molecule has 0 fully saturated rings. The van der Waals surface area contributed by atoms with E-state index < -0.39 is 0 Å². The zero-order valence-corrected chi connectivity index (χ0v) is 18.8. The van der Waals surface area contributed by atoms with Gasteiger partial charge in [0.2, 0.25) is 5.91 Å². The Hall–Kier alpha value is -1.39. The Labute approximate surface area is 179 Å². The number of hydrogen-bond donors (Lipinski definition) is 3. The molecule has 6 nitrogen and oxygen atoms in total. The molecule has 0 aliphatic carbocycles. The fourth-order valence-electron chi connectivity index (χ4n) is 2.09. The predicted molar refractivity (Wildman–Crippen MR) is 120 cm³/mol. The van der Waals surface area contributed by atoms with E-state index in [1.54, 1.807) is 24.5 Å². The molecule has 0 spiro atoms. The molecule has 1 aromatic carbocycles. The zero-order valence-electron chi connectivity index (χ0n) is 14.9. The van der Waals surface area contributed by atoms with Gasteiger partial charge in [-0.2, -0.15) is 0 Å². The third kappa shape index (κ3) is 7.46. The summed E-state index contributed by atoms with van der Waals surface area (Å²) in [6.45, 7) is 5.04. The summed E-state index contributed by atoms with van der Waals surface area (Å²) in [5.74, 6) is 0.526. The largest absolute Gasteiger partial charge is 0.356 e. The van der Waals surface area contributed by atoms with Crippen LogP contribution < -0.4 is 16.0 Å². The molecular formula is C17H23ClIN5OS. The molecule has 1 amide bonds. The molecule has 0 saturated carbocycles. The van der Waals surface area contributed by atoms with Crippen molar-refractivity contribution in [1.29, 1.82) is 0 Å². The Morgan fingerprint density at radius 1 is 1.31 bits per heavy atom. The standard InChI is InChI=1S/C17H22ClN5OS.HI/c1-11-4-5-14(13(18)8-11)23-15(24)6-7-20-17(19-3)22-10-16-21-9-12(2)25-16;/h4-5,8-9H,6-7,10H2,1-3H3,(H,23,24)(H2,19,20,22);1H. The number of guanidine groups is 1. The molecule has 1 aromatic heterocycles. The van der Waals surface area contributed by atoms with Gasteiger partial charge in [-0.1, -0.05) is 17.7 Å². The van der Waals surface area contributed by atoms with Gasteiger partial charge >= 0.3 is 0 Å². The van der Waals surface area contributed by atoms with Gasteiger partial charge in [-0.15, -0.1) is 35.3 Å². The average molecular weight is 508 g/mol. The number of carbonyl (C=O) groups is 1. The molecule has 0 unspecified atom stereocenters. The number of thiazole rings is 1.